The van der Waals surface area contributed by atoms with E-state index in [1.165, 1.54) is 0 Å². The summed E-state index contributed by atoms with van der Waals surface area (Å²) >= 11 is 3.49. The van der Waals surface area contributed by atoms with Crippen molar-refractivity contribution >= 4 is 49.6 Å². The number of nitrogens with zero attached hydrogens (tertiary/aromatic N) is 1. The number of benzene rings is 2. The fourth-order valence-corrected chi connectivity index (χ4v) is 3.93. The number of amides is 1. The van der Waals surface area contributed by atoms with E-state index in [-0.39, 0.29) is 18.9 Å². The maximum atomic E-state index is 12.5. The Kier molecular flexibility index (Phi) is 4.92. The number of aromatic nitrogens is 2. The highest BCUT2D eigenvalue weighted by molar-refractivity contribution is 9.10. The molecule has 0 aliphatic heterocycles. The molecule has 7 heteroatoms. The summed E-state index contributed by atoms with van der Waals surface area (Å²) in [5.41, 5.74) is 2.71. The second-order valence-electron chi connectivity index (χ2n) is 6.64. The van der Waals surface area contributed by atoms with E-state index in [2.05, 4.69) is 26.2 Å². The van der Waals surface area contributed by atoms with Gasteiger partial charge >= 0.3 is 5.97 Å². The van der Waals surface area contributed by atoms with Crippen LogP contribution in [0.25, 0.3) is 21.8 Å². The largest absolute Gasteiger partial charge is 0.480 e. The Morgan fingerprint density at radius 3 is 2.75 bits per heavy atom. The van der Waals surface area contributed by atoms with Crippen LogP contribution in [0.5, 0.6) is 0 Å². The highest BCUT2D eigenvalue weighted by atomic mass is 79.9. The number of nitrogens with one attached hydrogen (secondary N) is 2. The van der Waals surface area contributed by atoms with Crippen molar-refractivity contribution in [2.75, 3.05) is 0 Å². The molecule has 2 heterocycles. The van der Waals surface area contributed by atoms with Gasteiger partial charge in [-0.2, -0.15) is 0 Å². The maximum absolute atomic E-state index is 12.5. The molecule has 0 spiro atoms. The lowest BCUT2D eigenvalue weighted by atomic mass is 10.0. The topological polar surface area (TPSA) is 87.1 Å². The average molecular weight is 440 g/mol. The molecule has 0 radical (unpaired) electrons. The highest BCUT2D eigenvalue weighted by Gasteiger charge is 2.22. The number of carboxylic acids is 1. The number of rotatable bonds is 6. The lowest BCUT2D eigenvalue weighted by Gasteiger charge is -2.15. The van der Waals surface area contributed by atoms with Gasteiger partial charge in [-0.15, -0.1) is 0 Å². The zero-order valence-electron chi connectivity index (χ0n) is 14.9. The van der Waals surface area contributed by atoms with Crippen LogP contribution in [0.2, 0.25) is 0 Å². The molecule has 2 aromatic heterocycles. The fraction of sp³-hybridized carbons (Fsp3) is 0.143. The van der Waals surface area contributed by atoms with E-state index < -0.39 is 12.0 Å². The molecule has 0 aliphatic carbocycles. The van der Waals surface area contributed by atoms with Gasteiger partial charge in [0.05, 0.1) is 0 Å². The number of carbonyl (C=O) groups is 2. The molecule has 28 heavy (non-hydrogen) atoms. The van der Waals surface area contributed by atoms with Gasteiger partial charge in [0.15, 0.2) is 0 Å². The Morgan fingerprint density at radius 2 is 1.93 bits per heavy atom. The predicted molar refractivity (Wildman–Crippen MR) is 111 cm³/mol. The molecule has 142 valence electrons. The summed E-state index contributed by atoms with van der Waals surface area (Å²) in [5, 5.41) is 14.2. The third-order valence-electron chi connectivity index (χ3n) is 4.81. The Balaban J connectivity index is 1.50. The standard InChI is InChI=1S/C21H18BrN3O3/c22-16-5-3-7-19-15(16)8-9-25(19)12-20(26)24-18(21(27)28)10-13-11-23-17-6-2-1-4-14(13)17/h1-9,11,18,23H,10,12H2,(H,24,26)(H,27,28)/t18-/m0/s1. The smallest absolute Gasteiger partial charge is 0.326 e. The third-order valence-corrected chi connectivity index (χ3v) is 5.50. The molecule has 3 N–H and O–H groups in total. The summed E-state index contributed by atoms with van der Waals surface area (Å²) < 4.78 is 2.76. The van der Waals surface area contributed by atoms with Gasteiger partial charge in [0.2, 0.25) is 5.91 Å². The van der Waals surface area contributed by atoms with Crippen LogP contribution >= 0.6 is 15.9 Å². The van der Waals surface area contributed by atoms with Gasteiger partial charge < -0.3 is 20.0 Å². The first-order valence-corrected chi connectivity index (χ1v) is 9.63. The van der Waals surface area contributed by atoms with Crippen molar-refractivity contribution in [1.82, 2.24) is 14.9 Å². The molecule has 0 aliphatic rings. The average Bonchev–Trinajstić information content (AvgIpc) is 3.27. The zero-order valence-corrected chi connectivity index (χ0v) is 16.4. The number of fused-ring (bicyclic) bond motifs is 2. The first kappa shape index (κ1) is 18.3. The summed E-state index contributed by atoms with van der Waals surface area (Å²) in [4.78, 5) is 27.4. The van der Waals surface area contributed by atoms with Crippen molar-refractivity contribution in [3.63, 3.8) is 0 Å². The van der Waals surface area contributed by atoms with Crippen molar-refractivity contribution in [3.05, 3.63) is 71.0 Å². The number of aromatic amines is 1. The van der Waals surface area contributed by atoms with Crippen LogP contribution in [0.15, 0.2) is 65.4 Å². The third kappa shape index (κ3) is 3.53. The molecule has 0 unspecified atom stereocenters. The second-order valence-corrected chi connectivity index (χ2v) is 7.49. The monoisotopic (exact) mass is 439 g/mol. The number of H-pyrrole nitrogens is 1. The van der Waals surface area contributed by atoms with Crippen molar-refractivity contribution < 1.29 is 14.7 Å². The number of halogens is 1. The van der Waals surface area contributed by atoms with Gasteiger partial charge in [0.1, 0.15) is 12.6 Å². The van der Waals surface area contributed by atoms with Gasteiger partial charge in [-0.3, -0.25) is 4.79 Å². The number of hydrogen-bond acceptors (Lipinski definition) is 2. The Labute approximate surface area is 169 Å². The molecule has 6 nitrogen and oxygen atoms in total. The van der Waals surface area contributed by atoms with E-state index in [0.717, 1.165) is 31.8 Å². The predicted octanol–water partition coefficient (Wildman–Crippen LogP) is 3.70. The Morgan fingerprint density at radius 1 is 1.11 bits per heavy atom. The van der Waals surface area contributed by atoms with Gasteiger partial charge in [0.25, 0.3) is 0 Å². The lowest BCUT2D eigenvalue weighted by molar-refractivity contribution is -0.141. The molecule has 4 aromatic rings. The minimum atomic E-state index is -1.06. The molecular weight excluding hydrogens is 422 g/mol. The number of hydrogen-bond donors (Lipinski definition) is 3. The van der Waals surface area contributed by atoms with E-state index in [9.17, 15) is 14.7 Å². The van der Waals surface area contributed by atoms with E-state index in [4.69, 9.17) is 0 Å². The fourth-order valence-electron chi connectivity index (χ4n) is 3.44. The SMILES string of the molecule is O=C(Cn1ccc2c(Br)cccc21)N[C@@H](Cc1c[nH]c2ccccc12)C(=O)O. The Bertz CT molecular complexity index is 1180. The van der Waals surface area contributed by atoms with Gasteiger partial charge in [-0.05, 0) is 29.8 Å². The minimum absolute atomic E-state index is 0.0532. The molecular formula is C21H18BrN3O3. The lowest BCUT2D eigenvalue weighted by Crippen LogP contribution is -2.43. The number of para-hydroxylation sites is 1. The number of carboxylic acid groups (broad SMARTS) is 1. The van der Waals surface area contributed by atoms with Gasteiger partial charge in [-0.25, -0.2) is 4.79 Å². The Hall–Kier alpha value is -3.06. The second kappa shape index (κ2) is 7.52. The van der Waals surface area contributed by atoms with Crippen molar-refractivity contribution in [2.45, 2.75) is 19.0 Å². The van der Waals surface area contributed by atoms with Crippen LogP contribution in [0, 0.1) is 0 Å². The van der Waals surface area contributed by atoms with E-state index in [0.29, 0.717) is 0 Å². The van der Waals surface area contributed by atoms with Crippen molar-refractivity contribution in [1.29, 1.82) is 0 Å². The van der Waals surface area contributed by atoms with Gasteiger partial charge in [-0.1, -0.05) is 40.2 Å². The maximum Gasteiger partial charge on any atom is 0.326 e. The minimum Gasteiger partial charge on any atom is -0.480 e. The molecule has 1 amide bonds. The summed E-state index contributed by atoms with van der Waals surface area (Å²) in [6.45, 7) is 0.0532. The summed E-state index contributed by atoms with van der Waals surface area (Å²) in [6.07, 6.45) is 3.83. The van der Waals surface area contributed by atoms with Crippen LogP contribution in [0.1, 0.15) is 5.56 Å². The molecule has 1 atom stereocenters. The van der Waals surface area contributed by atoms with E-state index in [1.807, 2.05) is 54.7 Å². The van der Waals surface area contributed by atoms with Crippen LogP contribution < -0.4 is 5.32 Å². The van der Waals surface area contributed by atoms with E-state index in [1.54, 1.807) is 10.8 Å². The van der Waals surface area contributed by atoms with Crippen LogP contribution in [-0.2, 0) is 22.6 Å². The summed E-state index contributed by atoms with van der Waals surface area (Å²) in [6, 6.07) is 14.4. The van der Waals surface area contributed by atoms with E-state index >= 15 is 0 Å². The molecule has 0 saturated carbocycles. The molecule has 2 aromatic carbocycles. The summed E-state index contributed by atoms with van der Waals surface area (Å²) in [7, 11) is 0. The first-order valence-electron chi connectivity index (χ1n) is 8.83. The van der Waals surface area contributed by atoms with Crippen LogP contribution in [-0.4, -0.2) is 32.6 Å². The van der Waals surface area contributed by atoms with Crippen LogP contribution in [0.3, 0.4) is 0 Å². The zero-order chi connectivity index (χ0) is 19.7. The first-order chi connectivity index (χ1) is 13.5. The quantitative estimate of drug-likeness (QED) is 0.428. The molecule has 0 fully saturated rings. The highest BCUT2D eigenvalue weighted by Crippen LogP contribution is 2.24. The van der Waals surface area contributed by atoms with Gasteiger partial charge in [0, 0.05) is 45.1 Å². The number of carbonyl (C=O) groups excluding carboxylic acids is 1. The summed E-state index contributed by atoms with van der Waals surface area (Å²) in [5.74, 6) is -1.40. The normalized spacial score (nSPS) is 12.3. The molecule has 0 saturated heterocycles. The van der Waals surface area contributed by atoms with Crippen molar-refractivity contribution in [3.8, 4) is 0 Å². The number of aliphatic carboxylic acids is 1. The van der Waals surface area contributed by atoms with Crippen LogP contribution in [0.4, 0.5) is 0 Å². The molecule has 4 rings (SSSR count). The molecule has 0 bridgehead atoms. The van der Waals surface area contributed by atoms with Crippen molar-refractivity contribution in [2.24, 2.45) is 0 Å².